The van der Waals surface area contributed by atoms with Crippen LogP contribution in [0, 0.1) is 0 Å². The normalized spacial score (nSPS) is 21.8. The maximum absolute atomic E-state index is 12.9. The summed E-state index contributed by atoms with van der Waals surface area (Å²) in [5.41, 5.74) is -0.980. The van der Waals surface area contributed by atoms with E-state index in [1.165, 1.54) is 0 Å². The molecule has 1 heterocycles. The van der Waals surface area contributed by atoms with Crippen LogP contribution < -0.4 is 0 Å². The smallest absolute Gasteiger partial charge is 0.275 e. The first-order chi connectivity index (χ1) is 10.9. The lowest BCUT2D eigenvalue weighted by molar-refractivity contribution is 0.187. The Morgan fingerprint density at radius 3 is 1.21 bits per heavy atom. The Hall–Kier alpha value is -1.72. The number of carbonyl (C=O) groups is 2. The molecule has 0 N–H and O–H groups in total. The Balaban J connectivity index is 3.55. The topological polar surface area (TPSA) is 65.3 Å². The van der Waals surface area contributed by atoms with Crippen molar-refractivity contribution < 1.29 is 9.59 Å². The molecular formula is C18H32N4O2. The summed E-state index contributed by atoms with van der Waals surface area (Å²) in [5, 5.41) is 0. The fraction of sp³-hybridized carbons (Fsp3) is 0.778. The average Bonchev–Trinajstić information content (AvgIpc) is 2.34. The molecule has 0 aromatic rings. The zero-order chi connectivity index (χ0) is 18.7. The molecule has 1 aliphatic rings. The van der Waals surface area contributed by atoms with Crippen LogP contribution in [0.1, 0.15) is 81.1 Å². The van der Waals surface area contributed by atoms with Crippen molar-refractivity contribution in [1.82, 2.24) is 9.80 Å². The van der Waals surface area contributed by atoms with E-state index in [-0.39, 0.29) is 12.1 Å². The molecule has 0 bridgehead atoms. The minimum atomic E-state index is -0.490. The molecule has 0 fully saturated rings. The maximum Gasteiger partial charge on any atom is 0.351 e. The molecule has 0 saturated heterocycles. The van der Waals surface area contributed by atoms with Crippen molar-refractivity contribution in [3.8, 4) is 0 Å². The van der Waals surface area contributed by atoms with Crippen LogP contribution >= 0.6 is 0 Å². The third kappa shape index (κ3) is 4.65. The summed E-state index contributed by atoms with van der Waals surface area (Å²) in [6.45, 7) is 15.6. The summed E-state index contributed by atoms with van der Waals surface area (Å²) in [4.78, 5) is 37.5. The molecule has 1 aliphatic heterocycles. The van der Waals surface area contributed by atoms with E-state index in [4.69, 9.17) is 0 Å². The standard InChI is InChI=1S/C18H32N4O2/c1-9-11-13-19-15(23)22(18(6,7)8)14(12-10-2)20-16(24)21(13)17(3,4)5/h9-12H2,1-8H3/b19-13-,20-14-. The van der Waals surface area contributed by atoms with Crippen molar-refractivity contribution in [3.63, 3.8) is 0 Å². The molecule has 0 radical (unpaired) electrons. The highest BCUT2D eigenvalue weighted by atomic mass is 16.2. The molecule has 4 amide bonds. The molecular weight excluding hydrogens is 304 g/mol. The number of amidine groups is 2. The second-order valence-corrected chi connectivity index (χ2v) is 8.13. The zero-order valence-corrected chi connectivity index (χ0v) is 16.4. The Morgan fingerprint density at radius 2 is 1.00 bits per heavy atom. The van der Waals surface area contributed by atoms with E-state index in [0.717, 1.165) is 12.8 Å². The van der Waals surface area contributed by atoms with Crippen LogP contribution in [-0.4, -0.2) is 44.6 Å². The maximum atomic E-state index is 12.9. The molecule has 0 atom stereocenters. The molecule has 24 heavy (non-hydrogen) atoms. The first kappa shape index (κ1) is 20.3. The summed E-state index contributed by atoms with van der Waals surface area (Å²) in [7, 11) is 0. The van der Waals surface area contributed by atoms with Gasteiger partial charge in [0.05, 0.1) is 0 Å². The predicted octanol–water partition coefficient (Wildman–Crippen LogP) is 4.84. The first-order valence-corrected chi connectivity index (χ1v) is 8.77. The second kappa shape index (κ2) is 7.45. The summed E-state index contributed by atoms with van der Waals surface area (Å²) in [6.07, 6.45) is 2.72. The fourth-order valence-electron chi connectivity index (χ4n) is 2.77. The summed E-state index contributed by atoms with van der Waals surface area (Å²) in [5.74, 6) is 0.988. The van der Waals surface area contributed by atoms with E-state index in [2.05, 4.69) is 9.98 Å². The van der Waals surface area contributed by atoms with Gasteiger partial charge >= 0.3 is 12.1 Å². The quantitative estimate of drug-likeness (QED) is 0.737. The van der Waals surface area contributed by atoms with Gasteiger partial charge in [0, 0.05) is 23.9 Å². The highest BCUT2D eigenvalue weighted by molar-refractivity contribution is 6.12. The minimum Gasteiger partial charge on any atom is -0.275 e. The van der Waals surface area contributed by atoms with Gasteiger partial charge in [-0.25, -0.2) is 9.59 Å². The number of nitrogens with zero attached hydrogens (tertiary/aromatic N) is 4. The van der Waals surface area contributed by atoms with Crippen molar-refractivity contribution in [3.05, 3.63) is 0 Å². The van der Waals surface area contributed by atoms with E-state index in [0.29, 0.717) is 24.5 Å². The molecule has 6 nitrogen and oxygen atoms in total. The second-order valence-electron chi connectivity index (χ2n) is 8.13. The number of hydrogen-bond donors (Lipinski definition) is 0. The van der Waals surface area contributed by atoms with Crippen LogP contribution in [0.5, 0.6) is 0 Å². The van der Waals surface area contributed by atoms with Gasteiger partial charge in [0.25, 0.3) is 0 Å². The lowest BCUT2D eigenvalue weighted by atomic mass is 10.0. The monoisotopic (exact) mass is 336 g/mol. The van der Waals surface area contributed by atoms with E-state index in [9.17, 15) is 9.59 Å². The van der Waals surface area contributed by atoms with E-state index < -0.39 is 11.1 Å². The molecule has 0 unspecified atom stereocenters. The molecule has 136 valence electrons. The third-order valence-electron chi connectivity index (χ3n) is 3.64. The van der Waals surface area contributed by atoms with Crippen molar-refractivity contribution >= 4 is 23.7 Å². The number of urea groups is 2. The van der Waals surface area contributed by atoms with Crippen LogP contribution in [0.4, 0.5) is 9.59 Å². The number of carbonyl (C=O) groups excluding carboxylic acids is 2. The van der Waals surface area contributed by atoms with Gasteiger partial charge in [-0.15, -0.1) is 0 Å². The summed E-state index contributed by atoms with van der Waals surface area (Å²) < 4.78 is 0. The van der Waals surface area contributed by atoms with Gasteiger partial charge in [-0.1, -0.05) is 13.8 Å². The van der Waals surface area contributed by atoms with Crippen LogP contribution in [0.3, 0.4) is 0 Å². The molecule has 0 spiro atoms. The Kier molecular flexibility index (Phi) is 6.31. The van der Waals surface area contributed by atoms with E-state index in [1.54, 1.807) is 9.80 Å². The van der Waals surface area contributed by atoms with Crippen LogP contribution in [0.25, 0.3) is 0 Å². The lowest BCUT2D eigenvalue weighted by Gasteiger charge is -2.39. The number of rotatable bonds is 4. The molecule has 0 aromatic heterocycles. The Bertz CT molecular complexity index is 500. The van der Waals surface area contributed by atoms with Gasteiger partial charge in [-0.05, 0) is 54.4 Å². The van der Waals surface area contributed by atoms with Crippen molar-refractivity contribution in [2.75, 3.05) is 0 Å². The third-order valence-corrected chi connectivity index (χ3v) is 3.64. The van der Waals surface area contributed by atoms with Crippen LogP contribution in [-0.2, 0) is 0 Å². The summed E-state index contributed by atoms with van der Waals surface area (Å²) >= 11 is 0. The fourth-order valence-corrected chi connectivity index (χ4v) is 2.77. The predicted molar refractivity (Wildman–Crippen MR) is 98.7 cm³/mol. The highest BCUT2D eigenvalue weighted by Gasteiger charge is 2.37. The van der Waals surface area contributed by atoms with Gasteiger partial charge in [0.15, 0.2) is 0 Å². The first-order valence-electron chi connectivity index (χ1n) is 8.77. The minimum absolute atomic E-state index is 0.347. The molecule has 6 heteroatoms. The van der Waals surface area contributed by atoms with E-state index >= 15 is 0 Å². The number of amides is 4. The van der Waals surface area contributed by atoms with Gasteiger partial charge in [0.2, 0.25) is 0 Å². The Morgan fingerprint density at radius 1 is 0.708 bits per heavy atom. The van der Waals surface area contributed by atoms with Crippen LogP contribution in [0.15, 0.2) is 9.98 Å². The number of hydrogen-bond acceptors (Lipinski definition) is 2. The zero-order valence-electron chi connectivity index (χ0n) is 16.4. The van der Waals surface area contributed by atoms with E-state index in [1.807, 2.05) is 55.4 Å². The molecule has 0 aliphatic carbocycles. The lowest BCUT2D eigenvalue weighted by Crippen LogP contribution is -2.54. The van der Waals surface area contributed by atoms with Gasteiger partial charge in [0.1, 0.15) is 11.7 Å². The highest BCUT2D eigenvalue weighted by Crippen LogP contribution is 2.24. The van der Waals surface area contributed by atoms with Gasteiger partial charge < -0.3 is 0 Å². The van der Waals surface area contributed by atoms with Crippen molar-refractivity contribution in [2.24, 2.45) is 9.98 Å². The summed E-state index contributed by atoms with van der Waals surface area (Å²) in [6, 6.07) is -0.695. The van der Waals surface area contributed by atoms with Crippen molar-refractivity contribution in [1.29, 1.82) is 0 Å². The Labute approximate surface area is 146 Å². The SMILES string of the molecule is CCC/C1=N/C(=O)N(C(C)(C)C)/C(CCC)=N\C(=O)N1C(C)(C)C. The average molecular weight is 336 g/mol. The molecule has 0 aromatic carbocycles. The van der Waals surface area contributed by atoms with Crippen molar-refractivity contribution in [2.45, 2.75) is 92.2 Å². The molecule has 0 saturated carbocycles. The van der Waals surface area contributed by atoms with Gasteiger partial charge in [-0.3, -0.25) is 9.80 Å². The van der Waals surface area contributed by atoms with Gasteiger partial charge in [-0.2, -0.15) is 9.98 Å². The number of aliphatic imine (C=N–C) groups is 2. The molecule has 1 rings (SSSR count). The largest absolute Gasteiger partial charge is 0.351 e. The van der Waals surface area contributed by atoms with Crippen LogP contribution in [0.2, 0.25) is 0 Å².